The first-order valence-corrected chi connectivity index (χ1v) is 7.35. The Labute approximate surface area is 122 Å². The van der Waals surface area contributed by atoms with E-state index in [-0.39, 0.29) is 10.8 Å². The molecule has 0 amide bonds. The van der Waals surface area contributed by atoms with Crippen LogP contribution in [0.5, 0.6) is 11.5 Å². The van der Waals surface area contributed by atoms with Crippen LogP contribution < -0.4 is 15.2 Å². The van der Waals surface area contributed by atoms with Crippen LogP contribution in [-0.4, -0.2) is 20.8 Å². The molecule has 2 rings (SSSR count). The number of hydrogen-bond acceptors (Lipinski definition) is 3. The van der Waals surface area contributed by atoms with Crippen molar-refractivity contribution in [1.82, 2.24) is 0 Å². The summed E-state index contributed by atoms with van der Waals surface area (Å²) >= 11 is 0. The average molecular weight is 277 g/mol. The van der Waals surface area contributed by atoms with Crippen LogP contribution in [0, 0.1) is 0 Å². The molecular weight excluding hydrogens is 250 g/mol. The highest BCUT2D eigenvalue weighted by atomic mass is 16.5. The number of hydrogen-bond donors (Lipinski definition) is 1. The molecule has 0 heterocycles. The zero-order chi connectivity index (χ0) is 15.0. The van der Waals surface area contributed by atoms with Crippen LogP contribution in [-0.2, 0) is 10.8 Å². The molecule has 3 heteroatoms. The Morgan fingerprint density at radius 1 is 1.10 bits per heavy atom. The van der Waals surface area contributed by atoms with Crippen LogP contribution in [0.1, 0.15) is 51.2 Å². The Morgan fingerprint density at radius 2 is 1.70 bits per heavy atom. The van der Waals surface area contributed by atoms with E-state index < -0.39 is 0 Å². The van der Waals surface area contributed by atoms with Gasteiger partial charge in [0, 0.05) is 23.1 Å². The van der Waals surface area contributed by atoms with E-state index in [1.165, 1.54) is 17.5 Å². The summed E-state index contributed by atoms with van der Waals surface area (Å²) in [7, 11) is 3.47. The van der Waals surface area contributed by atoms with E-state index in [9.17, 15) is 0 Å². The van der Waals surface area contributed by atoms with Crippen LogP contribution in [0.4, 0.5) is 0 Å². The first-order chi connectivity index (χ1) is 9.38. The third-order valence-electron chi connectivity index (χ3n) is 4.60. The van der Waals surface area contributed by atoms with Crippen molar-refractivity contribution in [2.75, 3.05) is 20.8 Å². The summed E-state index contributed by atoms with van der Waals surface area (Å²) in [6, 6.07) is 4.27. The van der Waals surface area contributed by atoms with Gasteiger partial charge in [-0.3, -0.25) is 0 Å². The standard InChI is InChI=1S/C17H27NO2/c1-16(2,3)12-9-15(20-5)13(10-14(12)19-4)17(11-18)7-6-8-17/h9-10H,6-8,11,18H2,1-5H3. The molecule has 1 aliphatic carbocycles. The van der Waals surface area contributed by atoms with Gasteiger partial charge in [-0.05, 0) is 30.4 Å². The van der Waals surface area contributed by atoms with Crippen molar-refractivity contribution in [1.29, 1.82) is 0 Å². The van der Waals surface area contributed by atoms with Crippen LogP contribution in [0.25, 0.3) is 0 Å². The zero-order valence-corrected chi connectivity index (χ0v) is 13.4. The van der Waals surface area contributed by atoms with Gasteiger partial charge in [-0.25, -0.2) is 0 Å². The van der Waals surface area contributed by atoms with Crippen molar-refractivity contribution >= 4 is 0 Å². The molecule has 2 N–H and O–H groups in total. The van der Waals surface area contributed by atoms with Crippen LogP contribution >= 0.6 is 0 Å². The fourth-order valence-corrected chi connectivity index (χ4v) is 3.09. The molecule has 0 saturated heterocycles. The summed E-state index contributed by atoms with van der Waals surface area (Å²) in [4.78, 5) is 0. The molecule has 0 bridgehead atoms. The zero-order valence-electron chi connectivity index (χ0n) is 13.4. The molecule has 0 aromatic heterocycles. The normalized spacial score (nSPS) is 17.5. The fraction of sp³-hybridized carbons (Fsp3) is 0.647. The highest BCUT2D eigenvalue weighted by molar-refractivity contribution is 5.53. The predicted molar refractivity (Wildman–Crippen MR) is 82.8 cm³/mol. The van der Waals surface area contributed by atoms with Gasteiger partial charge in [-0.2, -0.15) is 0 Å². The third-order valence-corrected chi connectivity index (χ3v) is 4.60. The minimum absolute atomic E-state index is 0.0205. The van der Waals surface area contributed by atoms with Crippen molar-refractivity contribution in [3.8, 4) is 11.5 Å². The quantitative estimate of drug-likeness (QED) is 0.917. The van der Waals surface area contributed by atoms with E-state index in [4.69, 9.17) is 15.2 Å². The van der Waals surface area contributed by atoms with Crippen LogP contribution in [0.15, 0.2) is 12.1 Å². The molecule has 1 aromatic rings. The van der Waals surface area contributed by atoms with Crippen molar-refractivity contribution in [2.45, 2.75) is 50.9 Å². The second-order valence-electron chi connectivity index (χ2n) is 6.84. The summed E-state index contributed by atoms with van der Waals surface area (Å²) in [6.07, 6.45) is 3.51. The Morgan fingerprint density at radius 3 is 2.05 bits per heavy atom. The number of ether oxygens (including phenoxy) is 2. The minimum atomic E-state index is 0.0205. The number of nitrogens with two attached hydrogens (primary N) is 1. The van der Waals surface area contributed by atoms with Crippen molar-refractivity contribution in [2.24, 2.45) is 5.73 Å². The number of methoxy groups -OCH3 is 2. The monoisotopic (exact) mass is 277 g/mol. The van der Waals surface area contributed by atoms with Crippen LogP contribution in [0.2, 0.25) is 0 Å². The Kier molecular flexibility index (Phi) is 4.01. The first kappa shape index (κ1) is 15.2. The van der Waals surface area contributed by atoms with E-state index in [2.05, 4.69) is 32.9 Å². The topological polar surface area (TPSA) is 44.5 Å². The summed E-state index contributed by atoms with van der Waals surface area (Å²) in [5.41, 5.74) is 8.52. The van der Waals surface area contributed by atoms with Gasteiger partial charge in [0.1, 0.15) is 11.5 Å². The predicted octanol–water partition coefficient (Wildman–Crippen LogP) is 3.38. The van der Waals surface area contributed by atoms with Crippen LogP contribution in [0.3, 0.4) is 0 Å². The molecule has 1 aliphatic rings. The summed E-state index contributed by atoms with van der Waals surface area (Å²) in [6.45, 7) is 7.23. The summed E-state index contributed by atoms with van der Waals surface area (Å²) in [5, 5.41) is 0. The van der Waals surface area contributed by atoms with E-state index in [0.29, 0.717) is 6.54 Å². The molecule has 0 atom stereocenters. The lowest BCUT2D eigenvalue weighted by atomic mass is 9.64. The molecule has 112 valence electrons. The van der Waals surface area contributed by atoms with Gasteiger partial charge in [-0.1, -0.05) is 27.2 Å². The van der Waals surface area contributed by atoms with Crippen molar-refractivity contribution < 1.29 is 9.47 Å². The van der Waals surface area contributed by atoms with Gasteiger partial charge in [-0.15, -0.1) is 0 Å². The summed E-state index contributed by atoms with van der Waals surface area (Å²) < 4.78 is 11.3. The van der Waals surface area contributed by atoms with E-state index in [0.717, 1.165) is 24.3 Å². The molecule has 1 fully saturated rings. The van der Waals surface area contributed by atoms with E-state index in [1.807, 2.05) is 0 Å². The van der Waals surface area contributed by atoms with Gasteiger partial charge in [0.05, 0.1) is 14.2 Å². The van der Waals surface area contributed by atoms with E-state index >= 15 is 0 Å². The number of rotatable bonds is 4. The van der Waals surface area contributed by atoms with Gasteiger partial charge in [0.2, 0.25) is 0 Å². The lowest BCUT2D eigenvalue weighted by Crippen LogP contribution is -2.41. The molecule has 3 nitrogen and oxygen atoms in total. The Bertz CT molecular complexity index is 479. The maximum absolute atomic E-state index is 6.04. The fourth-order valence-electron chi connectivity index (χ4n) is 3.09. The minimum Gasteiger partial charge on any atom is -0.496 e. The Balaban J connectivity index is 2.59. The number of benzene rings is 1. The molecule has 0 radical (unpaired) electrons. The molecule has 0 spiro atoms. The molecule has 0 aliphatic heterocycles. The van der Waals surface area contributed by atoms with Gasteiger partial charge in [0.15, 0.2) is 0 Å². The lowest BCUT2D eigenvalue weighted by Gasteiger charge is -2.42. The molecule has 1 saturated carbocycles. The molecule has 1 aromatic carbocycles. The third kappa shape index (κ3) is 2.39. The van der Waals surface area contributed by atoms with Gasteiger partial charge >= 0.3 is 0 Å². The molecular formula is C17H27NO2. The smallest absolute Gasteiger partial charge is 0.123 e. The first-order valence-electron chi connectivity index (χ1n) is 7.35. The maximum atomic E-state index is 6.04. The Hall–Kier alpha value is -1.22. The van der Waals surface area contributed by atoms with E-state index in [1.54, 1.807) is 14.2 Å². The molecule has 20 heavy (non-hydrogen) atoms. The highest BCUT2D eigenvalue weighted by Gasteiger charge is 2.40. The molecule has 0 unspecified atom stereocenters. The highest BCUT2D eigenvalue weighted by Crippen LogP contribution is 2.49. The van der Waals surface area contributed by atoms with Gasteiger partial charge < -0.3 is 15.2 Å². The maximum Gasteiger partial charge on any atom is 0.123 e. The average Bonchev–Trinajstić information content (AvgIpc) is 2.36. The summed E-state index contributed by atoms with van der Waals surface area (Å²) in [5.74, 6) is 1.88. The van der Waals surface area contributed by atoms with Crippen molar-refractivity contribution in [3.63, 3.8) is 0 Å². The SMILES string of the molecule is COc1cc(C2(CN)CCC2)c(OC)cc1C(C)(C)C. The second kappa shape index (κ2) is 5.28. The second-order valence-corrected chi connectivity index (χ2v) is 6.84. The van der Waals surface area contributed by atoms with Gasteiger partial charge in [0.25, 0.3) is 0 Å². The van der Waals surface area contributed by atoms with Crippen molar-refractivity contribution in [3.05, 3.63) is 23.3 Å². The largest absolute Gasteiger partial charge is 0.496 e. The lowest BCUT2D eigenvalue weighted by molar-refractivity contribution is 0.242.